The number of hydrogen-bond donors (Lipinski definition) is 0. The minimum atomic E-state index is -0.195. The van der Waals surface area contributed by atoms with Gasteiger partial charge in [0.25, 0.3) is 0 Å². The van der Waals surface area contributed by atoms with E-state index in [1.807, 2.05) is 72.5 Å². The Morgan fingerprint density at radius 2 is 1.29 bits per heavy atom. The zero-order valence-corrected chi connectivity index (χ0v) is 9.75. The fraction of sp³-hybridized carbons (Fsp3) is 0.133. The van der Waals surface area contributed by atoms with Crippen molar-refractivity contribution in [1.82, 2.24) is 0 Å². The molecule has 0 radical (unpaired) electrons. The van der Waals surface area contributed by atoms with E-state index in [0.717, 1.165) is 11.4 Å². The molecule has 2 rings (SSSR count). The van der Waals surface area contributed by atoms with Crippen LogP contribution in [-0.4, -0.2) is 6.04 Å². The number of para-hydroxylation sites is 2. The predicted molar refractivity (Wildman–Crippen MR) is 70.1 cm³/mol. The van der Waals surface area contributed by atoms with Crippen LogP contribution in [0.15, 0.2) is 60.7 Å². The van der Waals surface area contributed by atoms with E-state index in [-0.39, 0.29) is 6.04 Å². The van der Waals surface area contributed by atoms with E-state index < -0.39 is 0 Å². The summed E-state index contributed by atoms with van der Waals surface area (Å²) in [4.78, 5) is 2.03. The molecule has 0 amide bonds. The molecule has 0 heterocycles. The summed E-state index contributed by atoms with van der Waals surface area (Å²) in [6, 6.07) is 22.0. The van der Waals surface area contributed by atoms with E-state index in [1.54, 1.807) is 0 Å². The van der Waals surface area contributed by atoms with Crippen molar-refractivity contribution < 1.29 is 0 Å². The Morgan fingerprint density at radius 3 is 1.65 bits per heavy atom. The molecular weight excluding hydrogens is 208 g/mol. The van der Waals surface area contributed by atoms with Gasteiger partial charge in [-0.2, -0.15) is 5.26 Å². The summed E-state index contributed by atoms with van der Waals surface area (Å²) in [5.74, 6) is 0. The Kier molecular flexibility index (Phi) is 3.42. The zero-order valence-electron chi connectivity index (χ0n) is 9.75. The molecule has 0 aliphatic carbocycles. The summed E-state index contributed by atoms with van der Waals surface area (Å²) in [6.45, 7) is 1.90. The van der Waals surface area contributed by atoms with Crippen LogP contribution in [-0.2, 0) is 0 Å². The highest BCUT2D eigenvalue weighted by atomic mass is 15.2. The lowest BCUT2D eigenvalue weighted by Crippen LogP contribution is -2.26. The first-order chi connectivity index (χ1) is 8.33. The Morgan fingerprint density at radius 1 is 0.882 bits per heavy atom. The minimum absolute atomic E-state index is 0.195. The standard InChI is InChI=1S/C15H14N2/c1-13(12-16)17(14-8-4-2-5-9-14)15-10-6-3-7-11-15/h2-11,13H,1H3. The van der Waals surface area contributed by atoms with Gasteiger partial charge in [-0.1, -0.05) is 36.4 Å². The summed E-state index contributed by atoms with van der Waals surface area (Å²) in [7, 11) is 0. The fourth-order valence-electron chi connectivity index (χ4n) is 1.83. The number of anilines is 2. The van der Waals surface area contributed by atoms with Crippen LogP contribution in [0.3, 0.4) is 0 Å². The van der Waals surface area contributed by atoms with Gasteiger partial charge in [0.15, 0.2) is 0 Å². The van der Waals surface area contributed by atoms with Crippen LogP contribution < -0.4 is 4.90 Å². The Balaban J connectivity index is 2.44. The molecule has 0 N–H and O–H groups in total. The number of rotatable bonds is 3. The lowest BCUT2D eigenvalue weighted by molar-refractivity contribution is 0.877. The van der Waals surface area contributed by atoms with Gasteiger partial charge in [0.2, 0.25) is 0 Å². The SMILES string of the molecule is CC(C#N)N(c1ccccc1)c1ccccc1. The predicted octanol–water partition coefficient (Wildman–Crippen LogP) is 3.74. The molecule has 0 bridgehead atoms. The average molecular weight is 222 g/mol. The monoisotopic (exact) mass is 222 g/mol. The highest BCUT2D eigenvalue weighted by molar-refractivity contribution is 5.64. The van der Waals surface area contributed by atoms with Crippen LogP contribution in [0.25, 0.3) is 0 Å². The van der Waals surface area contributed by atoms with Crippen molar-refractivity contribution in [3.8, 4) is 6.07 Å². The third-order valence-corrected chi connectivity index (χ3v) is 2.64. The quantitative estimate of drug-likeness (QED) is 0.791. The van der Waals surface area contributed by atoms with Crippen molar-refractivity contribution in [1.29, 1.82) is 5.26 Å². The van der Waals surface area contributed by atoms with Crippen LogP contribution in [0.4, 0.5) is 11.4 Å². The first kappa shape index (κ1) is 11.2. The lowest BCUT2D eigenvalue weighted by Gasteiger charge is -2.27. The van der Waals surface area contributed by atoms with Gasteiger partial charge in [0, 0.05) is 11.4 Å². The number of hydrogen-bond acceptors (Lipinski definition) is 2. The summed E-state index contributed by atoms with van der Waals surface area (Å²) in [6.07, 6.45) is 0. The van der Waals surface area contributed by atoms with Crippen molar-refractivity contribution >= 4 is 11.4 Å². The van der Waals surface area contributed by atoms with Gasteiger partial charge in [-0.15, -0.1) is 0 Å². The maximum Gasteiger partial charge on any atom is 0.118 e. The number of nitriles is 1. The molecule has 0 saturated heterocycles. The normalized spacial score (nSPS) is 11.5. The third kappa shape index (κ3) is 2.46. The molecular formula is C15H14N2. The Bertz CT molecular complexity index is 460. The maximum atomic E-state index is 9.14. The van der Waals surface area contributed by atoms with Gasteiger partial charge in [0.05, 0.1) is 6.07 Å². The Hall–Kier alpha value is -2.27. The van der Waals surface area contributed by atoms with E-state index in [2.05, 4.69) is 6.07 Å². The largest absolute Gasteiger partial charge is 0.325 e. The van der Waals surface area contributed by atoms with Crippen molar-refractivity contribution in [3.63, 3.8) is 0 Å². The molecule has 0 saturated carbocycles. The van der Waals surface area contributed by atoms with Gasteiger partial charge in [-0.05, 0) is 31.2 Å². The highest BCUT2D eigenvalue weighted by Gasteiger charge is 2.15. The van der Waals surface area contributed by atoms with Crippen LogP contribution in [0.5, 0.6) is 0 Å². The highest BCUT2D eigenvalue weighted by Crippen LogP contribution is 2.26. The second kappa shape index (κ2) is 5.18. The van der Waals surface area contributed by atoms with Gasteiger partial charge in [-0.25, -0.2) is 0 Å². The van der Waals surface area contributed by atoms with Gasteiger partial charge < -0.3 is 4.90 Å². The number of nitrogens with zero attached hydrogens (tertiary/aromatic N) is 2. The van der Waals surface area contributed by atoms with Gasteiger partial charge in [0.1, 0.15) is 6.04 Å². The molecule has 17 heavy (non-hydrogen) atoms. The van der Waals surface area contributed by atoms with Crippen LogP contribution in [0.2, 0.25) is 0 Å². The summed E-state index contributed by atoms with van der Waals surface area (Å²) < 4.78 is 0. The first-order valence-electron chi connectivity index (χ1n) is 5.62. The van der Waals surface area contributed by atoms with E-state index in [1.165, 1.54) is 0 Å². The van der Waals surface area contributed by atoms with Crippen molar-refractivity contribution in [2.75, 3.05) is 4.90 Å². The Labute approximate surface area is 102 Å². The van der Waals surface area contributed by atoms with Crippen LogP contribution >= 0.6 is 0 Å². The van der Waals surface area contributed by atoms with Gasteiger partial charge in [-0.3, -0.25) is 0 Å². The van der Waals surface area contributed by atoms with E-state index in [0.29, 0.717) is 0 Å². The molecule has 0 aliphatic heterocycles. The molecule has 84 valence electrons. The molecule has 0 aromatic heterocycles. The maximum absolute atomic E-state index is 9.14. The lowest BCUT2D eigenvalue weighted by atomic mass is 10.2. The minimum Gasteiger partial charge on any atom is -0.325 e. The number of benzene rings is 2. The molecule has 2 aromatic carbocycles. The van der Waals surface area contributed by atoms with Crippen molar-refractivity contribution in [2.24, 2.45) is 0 Å². The second-order valence-electron chi connectivity index (χ2n) is 3.85. The summed E-state index contributed by atoms with van der Waals surface area (Å²) in [5.41, 5.74) is 2.07. The van der Waals surface area contributed by atoms with E-state index >= 15 is 0 Å². The van der Waals surface area contributed by atoms with Crippen molar-refractivity contribution in [2.45, 2.75) is 13.0 Å². The molecule has 2 heteroatoms. The fourth-order valence-corrected chi connectivity index (χ4v) is 1.83. The smallest absolute Gasteiger partial charge is 0.118 e. The zero-order chi connectivity index (χ0) is 12.1. The summed E-state index contributed by atoms with van der Waals surface area (Å²) >= 11 is 0. The summed E-state index contributed by atoms with van der Waals surface area (Å²) in [5, 5.41) is 9.14. The first-order valence-corrected chi connectivity index (χ1v) is 5.62. The third-order valence-electron chi connectivity index (χ3n) is 2.64. The topological polar surface area (TPSA) is 27.0 Å². The van der Waals surface area contributed by atoms with Crippen LogP contribution in [0, 0.1) is 11.3 Å². The molecule has 2 nitrogen and oxygen atoms in total. The molecule has 0 aliphatic rings. The molecule has 0 spiro atoms. The van der Waals surface area contributed by atoms with E-state index in [4.69, 9.17) is 5.26 Å². The molecule has 2 aromatic rings. The average Bonchev–Trinajstić information content (AvgIpc) is 2.41. The molecule has 1 atom stereocenters. The van der Waals surface area contributed by atoms with Crippen LogP contribution in [0.1, 0.15) is 6.92 Å². The van der Waals surface area contributed by atoms with E-state index in [9.17, 15) is 0 Å². The second-order valence-corrected chi connectivity index (χ2v) is 3.85. The molecule has 1 unspecified atom stereocenters. The van der Waals surface area contributed by atoms with Crippen molar-refractivity contribution in [3.05, 3.63) is 60.7 Å². The molecule has 0 fully saturated rings. The van der Waals surface area contributed by atoms with Gasteiger partial charge >= 0.3 is 0 Å².